The first-order valence-electron chi connectivity index (χ1n) is 7.25. The maximum Gasteiger partial charge on any atom is 0.0406 e. The lowest BCUT2D eigenvalue weighted by Gasteiger charge is -2.08. The first kappa shape index (κ1) is 16.8. The van der Waals surface area contributed by atoms with Crippen molar-refractivity contribution in [1.82, 2.24) is 5.32 Å². The van der Waals surface area contributed by atoms with Crippen LogP contribution in [0.2, 0.25) is 5.02 Å². The monoisotopic (exact) mass is 331 g/mol. The van der Waals surface area contributed by atoms with Crippen LogP contribution >= 0.6 is 24.0 Å². The van der Waals surface area contributed by atoms with Crippen molar-refractivity contribution in [2.24, 2.45) is 0 Å². The van der Waals surface area contributed by atoms with Crippen molar-refractivity contribution in [3.63, 3.8) is 0 Å². The fourth-order valence-electron chi connectivity index (χ4n) is 2.55. The molecule has 0 radical (unpaired) electrons. The van der Waals surface area contributed by atoms with E-state index in [2.05, 4.69) is 59.9 Å². The summed E-state index contributed by atoms with van der Waals surface area (Å²) in [5.74, 6) is 0. The maximum absolute atomic E-state index is 5.89. The molecule has 0 aromatic heterocycles. The van der Waals surface area contributed by atoms with Gasteiger partial charge in [-0.2, -0.15) is 0 Å². The van der Waals surface area contributed by atoms with Gasteiger partial charge in [-0.25, -0.2) is 0 Å². The summed E-state index contributed by atoms with van der Waals surface area (Å²) in [5, 5.41) is 6.95. The van der Waals surface area contributed by atoms with Crippen molar-refractivity contribution >= 4 is 34.8 Å². The quantitative estimate of drug-likeness (QED) is 0.630. The molecule has 1 N–H and O–H groups in total. The Hall–Kier alpha value is -1.54. The van der Waals surface area contributed by atoms with Gasteiger partial charge in [0.15, 0.2) is 0 Å². The highest BCUT2D eigenvalue weighted by Gasteiger charge is 2.00. The van der Waals surface area contributed by atoms with E-state index in [4.69, 9.17) is 11.6 Å². The molecule has 3 heteroatoms. The fourth-order valence-corrected chi connectivity index (χ4v) is 2.68. The fraction of sp³-hybridized carbons (Fsp3) is 0.158. The van der Waals surface area contributed by atoms with Gasteiger partial charge >= 0.3 is 0 Å². The van der Waals surface area contributed by atoms with E-state index in [9.17, 15) is 0 Å². The maximum atomic E-state index is 5.89. The number of benzene rings is 3. The molecule has 0 saturated heterocycles. The topological polar surface area (TPSA) is 12.0 Å². The van der Waals surface area contributed by atoms with Crippen molar-refractivity contribution in [1.29, 1.82) is 0 Å². The summed E-state index contributed by atoms with van der Waals surface area (Å²) in [6, 6.07) is 23.1. The molecule has 3 aromatic rings. The highest BCUT2D eigenvalue weighted by Crippen LogP contribution is 2.18. The zero-order valence-electron chi connectivity index (χ0n) is 12.3. The van der Waals surface area contributed by atoms with E-state index in [-0.39, 0.29) is 12.4 Å². The smallest absolute Gasteiger partial charge is 0.0406 e. The minimum absolute atomic E-state index is 0. The van der Waals surface area contributed by atoms with E-state index in [1.807, 2.05) is 12.1 Å². The third-order valence-electron chi connectivity index (χ3n) is 3.70. The molecule has 0 heterocycles. The average molecular weight is 332 g/mol. The van der Waals surface area contributed by atoms with Crippen LogP contribution in [0.4, 0.5) is 0 Å². The molecule has 0 amide bonds. The van der Waals surface area contributed by atoms with Gasteiger partial charge < -0.3 is 5.32 Å². The standard InChI is InChI=1S/C19H18ClN.ClH/c20-18-10-8-15(9-11-18)12-13-21-14-17-6-3-5-16-4-1-2-7-19(16)17;/h1-11,21H,12-14H2;1H. The van der Waals surface area contributed by atoms with Crippen LogP contribution in [0.15, 0.2) is 66.7 Å². The first-order valence-corrected chi connectivity index (χ1v) is 7.62. The van der Waals surface area contributed by atoms with E-state index >= 15 is 0 Å². The molecule has 3 rings (SSSR count). The number of hydrogen-bond donors (Lipinski definition) is 1. The number of nitrogens with one attached hydrogen (secondary N) is 1. The van der Waals surface area contributed by atoms with Crippen molar-refractivity contribution < 1.29 is 0 Å². The lowest BCUT2D eigenvalue weighted by Crippen LogP contribution is -2.16. The molecule has 0 saturated carbocycles. The van der Waals surface area contributed by atoms with Crippen LogP contribution in [-0.2, 0) is 13.0 Å². The predicted molar refractivity (Wildman–Crippen MR) is 98.1 cm³/mol. The predicted octanol–water partition coefficient (Wildman–Crippen LogP) is 5.25. The Kier molecular flexibility index (Phi) is 6.26. The number of fused-ring (bicyclic) bond motifs is 1. The highest BCUT2D eigenvalue weighted by atomic mass is 35.5. The van der Waals surface area contributed by atoms with Crippen LogP contribution in [-0.4, -0.2) is 6.54 Å². The largest absolute Gasteiger partial charge is 0.312 e. The third-order valence-corrected chi connectivity index (χ3v) is 3.95. The molecule has 0 aliphatic carbocycles. The Morgan fingerprint density at radius 2 is 1.55 bits per heavy atom. The molecular weight excluding hydrogens is 313 g/mol. The molecule has 0 aliphatic heterocycles. The van der Waals surface area contributed by atoms with Crippen LogP contribution in [0.3, 0.4) is 0 Å². The van der Waals surface area contributed by atoms with Gasteiger partial charge in [-0.05, 0) is 47.0 Å². The Morgan fingerprint density at radius 3 is 2.36 bits per heavy atom. The second-order valence-corrected chi connectivity index (χ2v) is 5.63. The van der Waals surface area contributed by atoms with Crippen LogP contribution in [0.5, 0.6) is 0 Å². The molecule has 0 unspecified atom stereocenters. The molecule has 0 atom stereocenters. The number of halogens is 2. The molecule has 0 fully saturated rings. The summed E-state index contributed by atoms with van der Waals surface area (Å²) in [6.45, 7) is 1.86. The van der Waals surface area contributed by atoms with Gasteiger partial charge in [0.2, 0.25) is 0 Å². The Balaban J connectivity index is 0.00000176. The van der Waals surface area contributed by atoms with Crippen molar-refractivity contribution in [3.05, 3.63) is 82.9 Å². The summed E-state index contributed by atoms with van der Waals surface area (Å²) < 4.78 is 0. The second-order valence-electron chi connectivity index (χ2n) is 5.19. The van der Waals surface area contributed by atoms with Crippen molar-refractivity contribution in [2.75, 3.05) is 6.54 Å². The molecule has 1 nitrogen and oxygen atoms in total. The SMILES string of the molecule is Cl.Clc1ccc(CCNCc2cccc3ccccc23)cc1. The Bertz CT molecular complexity index is 718. The van der Waals surface area contributed by atoms with Gasteiger partial charge in [0.1, 0.15) is 0 Å². The van der Waals surface area contributed by atoms with Crippen molar-refractivity contribution in [2.45, 2.75) is 13.0 Å². The molecule has 0 bridgehead atoms. The first-order chi connectivity index (χ1) is 10.3. The molecule has 0 aliphatic rings. The molecular formula is C19H19Cl2N. The van der Waals surface area contributed by atoms with Gasteiger partial charge in [0.05, 0.1) is 0 Å². The minimum Gasteiger partial charge on any atom is -0.312 e. The zero-order valence-corrected chi connectivity index (χ0v) is 13.8. The zero-order chi connectivity index (χ0) is 14.5. The van der Waals surface area contributed by atoms with Crippen LogP contribution in [0.1, 0.15) is 11.1 Å². The molecule has 0 spiro atoms. The van der Waals surface area contributed by atoms with Crippen LogP contribution < -0.4 is 5.32 Å². The average Bonchev–Trinajstić information content (AvgIpc) is 2.53. The van der Waals surface area contributed by atoms with Crippen LogP contribution in [0, 0.1) is 0 Å². The lowest BCUT2D eigenvalue weighted by molar-refractivity contribution is 0.690. The minimum atomic E-state index is 0. The van der Waals surface area contributed by atoms with E-state index < -0.39 is 0 Å². The number of hydrogen-bond acceptors (Lipinski definition) is 1. The third kappa shape index (κ3) is 4.23. The molecule has 114 valence electrons. The van der Waals surface area contributed by atoms with Gasteiger partial charge in [-0.1, -0.05) is 66.2 Å². The van der Waals surface area contributed by atoms with Gasteiger partial charge in [-0.3, -0.25) is 0 Å². The van der Waals surface area contributed by atoms with Gasteiger partial charge in [0.25, 0.3) is 0 Å². The molecule has 3 aromatic carbocycles. The number of rotatable bonds is 5. The second kappa shape index (κ2) is 8.19. The summed E-state index contributed by atoms with van der Waals surface area (Å²) in [4.78, 5) is 0. The summed E-state index contributed by atoms with van der Waals surface area (Å²) in [7, 11) is 0. The highest BCUT2D eigenvalue weighted by molar-refractivity contribution is 6.30. The normalized spacial score (nSPS) is 10.4. The van der Waals surface area contributed by atoms with Crippen molar-refractivity contribution in [3.8, 4) is 0 Å². The van der Waals surface area contributed by atoms with Gasteiger partial charge in [0, 0.05) is 11.6 Å². The van der Waals surface area contributed by atoms with E-state index in [1.165, 1.54) is 21.9 Å². The van der Waals surface area contributed by atoms with E-state index in [0.29, 0.717) is 0 Å². The van der Waals surface area contributed by atoms with Gasteiger partial charge in [-0.15, -0.1) is 12.4 Å². The Morgan fingerprint density at radius 1 is 0.818 bits per heavy atom. The summed E-state index contributed by atoms with van der Waals surface area (Å²) >= 11 is 5.89. The summed E-state index contributed by atoms with van der Waals surface area (Å²) in [6.07, 6.45) is 1.02. The van der Waals surface area contributed by atoms with E-state index in [0.717, 1.165) is 24.5 Å². The molecule has 22 heavy (non-hydrogen) atoms. The van der Waals surface area contributed by atoms with E-state index in [1.54, 1.807) is 0 Å². The summed E-state index contributed by atoms with van der Waals surface area (Å²) in [5.41, 5.74) is 2.66. The van der Waals surface area contributed by atoms with Crippen LogP contribution in [0.25, 0.3) is 10.8 Å². The lowest BCUT2D eigenvalue weighted by atomic mass is 10.0. The Labute approximate surface area is 142 Å².